The van der Waals surface area contributed by atoms with Crippen molar-refractivity contribution in [3.8, 4) is 0 Å². The molecule has 0 spiro atoms. The monoisotopic (exact) mass is 490 g/mol. The van der Waals surface area contributed by atoms with Gasteiger partial charge in [0.15, 0.2) is 0 Å². The molecule has 0 aliphatic carbocycles. The molecule has 2 aliphatic heterocycles. The van der Waals surface area contributed by atoms with E-state index < -0.39 is 0 Å². The lowest BCUT2D eigenvalue weighted by molar-refractivity contribution is 0.0895. The van der Waals surface area contributed by atoms with Crippen LogP contribution >= 0.6 is 0 Å². The van der Waals surface area contributed by atoms with Crippen LogP contribution in [-0.2, 0) is 12.8 Å². The van der Waals surface area contributed by atoms with E-state index in [1.165, 1.54) is 28.7 Å². The van der Waals surface area contributed by atoms with Gasteiger partial charge in [-0.25, -0.2) is 4.98 Å². The Balaban J connectivity index is 1.24. The van der Waals surface area contributed by atoms with Gasteiger partial charge in [-0.05, 0) is 67.0 Å². The fraction of sp³-hybridized carbons (Fsp3) is 0.303. The third-order valence-electron chi connectivity index (χ3n) is 7.97. The molecule has 5 rings (SSSR count). The van der Waals surface area contributed by atoms with Crippen LogP contribution in [0, 0.1) is 5.92 Å². The highest BCUT2D eigenvalue weighted by molar-refractivity contribution is 5.37. The van der Waals surface area contributed by atoms with Gasteiger partial charge in [-0.1, -0.05) is 79.9 Å². The smallest absolute Gasteiger partial charge is 0.123 e. The zero-order valence-corrected chi connectivity index (χ0v) is 21.9. The van der Waals surface area contributed by atoms with Crippen LogP contribution in [-0.4, -0.2) is 33.9 Å². The summed E-state index contributed by atoms with van der Waals surface area (Å²) in [6.45, 7) is 17.5. The van der Waals surface area contributed by atoms with Crippen molar-refractivity contribution < 1.29 is 0 Å². The molecule has 0 radical (unpaired) electrons. The van der Waals surface area contributed by atoms with Gasteiger partial charge in [0.1, 0.15) is 11.6 Å². The standard InChI is InChI=1S/C33H38N4/c1-23(2)33-31(20-28-16-17-35-32(34)21-28)24(3)37(33)25(4)36-18-8-11-30(22-36)29-14-12-27(13-15-29)19-26-9-6-5-7-10-26/h5-7,9-10,12-17,21,30-31,33H,1,3-4,8,11,18-20,22H2,2H3,(H2,34,35)/t30?,31-,33?/m0/s1. The lowest BCUT2D eigenvalue weighted by Gasteiger charge is -2.55. The number of nitrogens with zero attached hydrogens (tertiary/aromatic N) is 3. The molecule has 2 saturated heterocycles. The highest BCUT2D eigenvalue weighted by Crippen LogP contribution is 2.45. The molecule has 2 aromatic carbocycles. The molecule has 0 bridgehead atoms. The minimum absolute atomic E-state index is 0.201. The van der Waals surface area contributed by atoms with E-state index in [0.29, 0.717) is 17.7 Å². The first-order chi connectivity index (χ1) is 17.9. The van der Waals surface area contributed by atoms with Crippen molar-refractivity contribution >= 4 is 5.82 Å². The highest BCUT2D eigenvalue weighted by atomic mass is 15.4. The molecule has 3 atom stereocenters. The lowest BCUT2D eigenvalue weighted by atomic mass is 9.77. The Morgan fingerprint density at radius 1 is 1.00 bits per heavy atom. The maximum absolute atomic E-state index is 5.92. The van der Waals surface area contributed by atoms with Crippen LogP contribution in [0.15, 0.2) is 110 Å². The predicted molar refractivity (Wildman–Crippen MR) is 154 cm³/mol. The second kappa shape index (κ2) is 10.7. The number of hydrogen-bond donors (Lipinski definition) is 1. The van der Waals surface area contributed by atoms with Crippen LogP contribution < -0.4 is 5.73 Å². The van der Waals surface area contributed by atoms with Gasteiger partial charge in [0.2, 0.25) is 0 Å². The van der Waals surface area contributed by atoms with Crippen LogP contribution in [0.1, 0.15) is 47.9 Å². The van der Waals surface area contributed by atoms with E-state index in [4.69, 9.17) is 5.73 Å². The molecule has 2 unspecified atom stereocenters. The summed E-state index contributed by atoms with van der Waals surface area (Å²) in [5.41, 5.74) is 13.5. The number of nitrogen functional groups attached to an aromatic ring is 1. The number of nitrogens with two attached hydrogens (primary N) is 1. The predicted octanol–water partition coefficient (Wildman–Crippen LogP) is 6.54. The summed E-state index contributed by atoms with van der Waals surface area (Å²) < 4.78 is 0. The first kappa shape index (κ1) is 24.9. The van der Waals surface area contributed by atoms with Crippen molar-refractivity contribution in [3.05, 3.63) is 132 Å². The van der Waals surface area contributed by atoms with Crippen molar-refractivity contribution in [1.82, 2.24) is 14.8 Å². The van der Waals surface area contributed by atoms with Gasteiger partial charge in [-0.2, -0.15) is 0 Å². The Morgan fingerprint density at radius 3 is 2.43 bits per heavy atom. The number of hydrogen-bond acceptors (Lipinski definition) is 4. The number of rotatable bonds is 8. The van der Waals surface area contributed by atoms with Gasteiger partial charge >= 0.3 is 0 Å². The number of likely N-dealkylation sites (tertiary alicyclic amines) is 2. The molecule has 1 aromatic heterocycles. The quantitative estimate of drug-likeness (QED) is 0.364. The van der Waals surface area contributed by atoms with Crippen molar-refractivity contribution in [2.45, 2.75) is 44.6 Å². The molecule has 2 aliphatic rings. The number of aromatic nitrogens is 1. The van der Waals surface area contributed by atoms with E-state index >= 15 is 0 Å². The summed E-state index contributed by atoms with van der Waals surface area (Å²) >= 11 is 0. The molecule has 3 heterocycles. The maximum atomic E-state index is 5.92. The SMILES string of the molecule is C=C(C)C1[C@@H](Cc2ccnc(N)c2)C(=C)N1C(=C)N1CCCC(c2ccc(Cc3ccccc3)cc2)C1. The number of anilines is 1. The van der Waals surface area contributed by atoms with Crippen LogP contribution in [0.4, 0.5) is 5.82 Å². The topological polar surface area (TPSA) is 45.4 Å². The Labute approximate surface area is 221 Å². The van der Waals surface area contributed by atoms with Crippen molar-refractivity contribution in [3.63, 3.8) is 0 Å². The molecule has 4 heteroatoms. The Bertz CT molecular complexity index is 1280. The van der Waals surface area contributed by atoms with Gasteiger partial charge in [-0.3, -0.25) is 0 Å². The fourth-order valence-electron chi connectivity index (χ4n) is 6.01. The summed E-state index contributed by atoms with van der Waals surface area (Å²) in [6.07, 6.45) is 6.00. The van der Waals surface area contributed by atoms with Crippen molar-refractivity contribution in [1.29, 1.82) is 0 Å². The molecule has 0 amide bonds. The highest BCUT2D eigenvalue weighted by Gasteiger charge is 2.45. The molecular weight excluding hydrogens is 452 g/mol. The van der Waals surface area contributed by atoms with Gasteiger partial charge < -0.3 is 15.5 Å². The largest absolute Gasteiger partial charge is 0.384 e. The normalized spacial score (nSPS) is 21.4. The summed E-state index contributed by atoms with van der Waals surface area (Å²) in [6, 6.07) is 24.1. The third kappa shape index (κ3) is 5.34. The van der Waals surface area contributed by atoms with E-state index in [1.54, 1.807) is 6.20 Å². The van der Waals surface area contributed by atoms with E-state index in [-0.39, 0.29) is 6.04 Å². The molecule has 2 N–H and O–H groups in total. The summed E-state index contributed by atoms with van der Waals surface area (Å²) in [5.74, 6) is 2.41. The average Bonchev–Trinajstić information content (AvgIpc) is 2.91. The minimum Gasteiger partial charge on any atom is -0.384 e. The summed E-state index contributed by atoms with van der Waals surface area (Å²) in [7, 11) is 0. The van der Waals surface area contributed by atoms with Gasteiger partial charge in [-0.15, -0.1) is 0 Å². The number of benzene rings is 2. The zero-order chi connectivity index (χ0) is 25.9. The van der Waals surface area contributed by atoms with E-state index in [9.17, 15) is 0 Å². The Hall–Kier alpha value is -3.79. The first-order valence-electron chi connectivity index (χ1n) is 13.3. The van der Waals surface area contributed by atoms with Crippen molar-refractivity contribution in [2.24, 2.45) is 5.92 Å². The average molecular weight is 491 g/mol. The van der Waals surface area contributed by atoms with Crippen LogP contribution in [0.5, 0.6) is 0 Å². The Morgan fingerprint density at radius 2 is 1.73 bits per heavy atom. The third-order valence-corrected chi connectivity index (χ3v) is 7.97. The summed E-state index contributed by atoms with van der Waals surface area (Å²) in [4.78, 5) is 8.89. The zero-order valence-electron chi connectivity index (χ0n) is 21.9. The number of piperidine rings is 1. The molecule has 190 valence electrons. The van der Waals surface area contributed by atoms with Crippen LogP contribution in [0.25, 0.3) is 0 Å². The van der Waals surface area contributed by atoms with Crippen LogP contribution in [0.2, 0.25) is 0 Å². The molecular formula is C33H38N4. The molecule has 2 fully saturated rings. The second-order valence-electron chi connectivity index (χ2n) is 10.7. The molecule has 3 aromatic rings. The lowest BCUT2D eigenvalue weighted by Crippen LogP contribution is -2.57. The number of pyridine rings is 1. The van der Waals surface area contributed by atoms with Crippen molar-refractivity contribution in [2.75, 3.05) is 18.8 Å². The minimum atomic E-state index is 0.201. The summed E-state index contributed by atoms with van der Waals surface area (Å²) in [5, 5.41) is 0. The van der Waals surface area contributed by atoms with Gasteiger partial charge in [0.25, 0.3) is 0 Å². The first-order valence-corrected chi connectivity index (χ1v) is 13.3. The Kier molecular flexibility index (Phi) is 7.18. The molecule has 4 nitrogen and oxygen atoms in total. The second-order valence-corrected chi connectivity index (χ2v) is 10.7. The fourth-order valence-corrected chi connectivity index (χ4v) is 6.01. The van der Waals surface area contributed by atoms with Gasteiger partial charge in [0.05, 0.1) is 6.04 Å². The van der Waals surface area contributed by atoms with E-state index in [2.05, 4.69) is 96.0 Å². The van der Waals surface area contributed by atoms with E-state index in [0.717, 1.165) is 49.4 Å². The molecule has 37 heavy (non-hydrogen) atoms. The maximum Gasteiger partial charge on any atom is 0.123 e. The molecule has 0 saturated carbocycles. The van der Waals surface area contributed by atoms with Gasteiger partial charge in [0, 0.05) is 36.8 Å². The van der Waals surface area contributed by atoms with Crippen LogP contribution in [0.3, 0.4) is 0 Å². The van der Waals surface area contributed by atoms with E-state index in [1.807, 2.05) is 12.1 Å².